The smallest absolute Gasteiger partial charge is 0.222 e. The van der Waals surface area contributed by atoms with E-state index in [1.807, 2.05) is 0 Å². The van der Waals surface area contributed by atoms with Crippen LogP contribution in [0.3, 0.4) is 0 Å². The van der Waals surface area contributed by atoms with Crippen LogP contribution in [-0.2, 0) is 4.79 Å². The zero-order valence-electron chi connectivity index (χ0n) is 5.43. The molecule has 0 aromatic heterocycles. The highest BCUT2D eigenvalue weighted by Gasteiger charge is 2.21. The topological polar surface area (TPSA) is 20.3 Å². The Kier molecular flexibility index (Phi) is 1.69. The maximum Gasteiger partial charge on any atom is 0.222 e. The molecule has 1 saturated heterocycles. The minimum absolute atomic E-state index is 0.0592. The minimum atomic E-state index is -0.798. The molecule has 0 N–H and O–H groups in total. The van der Waals surface area contributed by atoms with Crippen LogP contribution >= 0.6 is 0 Å². The third-order valence-electron chi connectivity index (χ3n) is 1.57. The lowest BCUT2D eigenvalue weighted by Crippen LogP contribution is -2.37. The Morgan fingerprint density at radius 1 is 1.78 bits per heavy atom. The minimum Gasteiger partial charge on any atom is -0.343 e. The van der Waals surface area contributed by atoms with Crippen LogP contribution in [0.1, 0.15) is 12.8 Å². The van der Waals surface area contributed by atoms with Gasteiger partial charge in [0.1, 0.15) is 6.17 Å². The summed E-state index contributed by atoms with van der Waals surface area (Å²) < 4.78 is 12.4. The summed E-state index contributed by atoms with van der Waals surface area (Å²) in [6.45, 7) is 0.277. The first-order valence-corrected chi connectivity index (χ1v) is 3.08. The van der Waals surface area contributed by atoms with E-state index in [1.54, 1.807) is 7.05 Å². The second-order valence-corrected chi connectivity index (χ2v) is 2.41. The molecule has 1 rings (SSSR count). The normalized spacial score (nSPS) is 28.9. The summed E-state index contributed by atoms with van der Waals surface area (Å²) in [4.78, 5) is 12.1. The SMILES string of the molecule is CN1C[C@@H](F)CCC1=O. The molecular weight excluding hydrogens is 121 g/mol. The van der Waals surface area contributed by atoms with Gasteiger partial charge in [-0.2, -0.15) is 0 Å². The van der Waals surface area contributed by atoms with Crippen molar-refractivity contribution in [3.05, 3.63) is 0 Å². The Bertz CT molecular complexity index is 126. The Morgan fingerprint density at radius 3 is 2.89 bits per heavy atom. The molecule has 0 bridgehead atoms. The van der Waals surface area contributed by atoms with Crippen LogP contribution in [0.15, 0.2) is 0 Å². The van der Waals surface area contributed by atoms with E-state index in [0.29, 0.717) is 12.8 Å². The van der Waals surface area contributed by atoms with Gasteiger partial charge in [0.25, 0.3) is 0 Å². The number of alkyl halides is 1. The number of amides is 1. The van der Waals surface area contributed by atoms with Crippen molar-refractivity contribution in [3.8, 4) is 0 Å². The van der Waals surface area contributed by atoms with Crippen LogP contribution in [0.4, 0.5) is 4.39 Å². The van der Waals surface area contributed by atoms with E-state index in [-0.39, 0.29) is 12.5 Å². The van der Waals surface area contributed by atoms with E-state index in [1.165, 1.54) is 4.90 Å². The highest BCUT2D eigenvalue weighted by molar-refractivity contribution is 5.76. The Labute approximate surface area is 53.6 Å². The molecule has 1 atom stereocenters. The molecule has 0 spiro atoms. The quantitative estimate of drug-likeness (QED) is 0.471. The molecule has 52 valence electrons. The van der Waals surface area contributed by atoms with Gasteiger partial charge in [0, 0.05) is 13.5 Å². The summed E-state index contributed by atoms with van der Waals surface area (Å²) in [6, 6.07) is 0. The second-order valence-electron chi connectivity index (χ2n) is 2.41. The van der Waals surface area contributed by atoms with Gasteiger partial charge >= 0.3 is 0 Å². The average molecular weight is 131 g/mol. The lowest BCUT2D eigenvalue weighted by molar-refractivity contribution is -0.133. The zero-order valence-corrected chi connectivity index (χ0v) is 5.43. The van der Waals surface area contributed by atoms with Crippen LogP contribution in [-0.4, -0.2) is 30.6 Å². The maximum absolute atomic E-state index is 12.4. The van der Waals surface area contributed by atoms with Gasteiger partial charge in [0.2, 0.25) is 5.91 Å². The third kappa shape index (κ3) is 1.40. The molecular formula is C6H10FNO. The van der Waals surface area contributed by atoms with Crippen molar-refractivity contribution in [2.24, 2.45) is 0 Å². The monoisotopic (exact) mass is 131 g/mol. The molecule has 0 aromatic carbocycles. The number of hydrogen-bond acceptors (Lipinski definition) is 1. The number of hydrogen-bond donors (Lipinski definition) is 0. The molecule has 3 heteroatoms. The van der Waals surface area contributed by atoms with Gasteiger partial charge in [-0.05, 0) is 6.42 Å². The van der Waals surface area contributed by atoms with Crippen LogP contribution in [0, 0.1) is 0 Å². The van der Waals surface area contributed by atoms with Crippen molar-refractivity contribution >= 4 is 5.91 Å². The predicted molar refractivity (Wildman–Crippen MR) is 31.8 cm³/mol. The van der Waals surface area contributed by atoms with Crippen molar-refractivity contribution in [2.75, 3.05) is 13.6 Å². The summed E-state index contributed by atoms with van der Waals surface area (Å²) in [6.07, 6.45) is -0.0198. The number of nitrogens with zero attached hydrogens (tertiary/aromatic N) is 1. The second kappa shape index (κ2) is 2.33. The summed E-state index contributed by atoms with van der Waals surface area (Å²) >= 11 is 0. The van der Waals surface area contributed by atoms with Crippen LogP contribution in [0.25, 0.3) is 0 Å². The fourth-order valence-corrected chi connectivity index (χ4v) is 0.961. The van der Waals surface area contributed by atoms with E-state index in [0.717, 1.165) is 0 Å². The first-order chi connectivity index (χ1) is 4.20. The first kappa shape index (κ1) is 6.52. The lowest BCUT2D eigenvalue weighted by atomic mass is 10.1. The number of rotatable bonds is 0. The van der Waals surface area contributed by atoms with Gasteiger partial charge in [-0.25, -0.2) is 4.39 Å². The van der Waals surface area contributed by atoms with Crippen molar-refractivity contribution in [2.45, 2.75) is 19.0 Å². The fraction of sp³-hybridized carbons (Fsp3) is 0.833. The molecule has 1 fully saturated rings. The van der Waals surface area contributed by atoms with Gasteiger partial charge in [-0.1, -0.05) is 0 Å². The fourth-order valence-electron chi connectivity index (χ4n) is 0.961. The molecule has 2 nitrogen and oxygen atoms in total. The lowest BCUT2D eigenvalue weighted by Gasteiger charge is -2.24. The summed E-state index contributed by atoms with van der Waals surface area (Å²) in [5, 5.41) is 0. The van der Waals surface area contributed by atoms with Gasteiger partial charge in [-0.15, -0.1) is 0 Å². The van der Waals surface area contributed by atoms with Crippen molar-refractivity contribution < 1.29 is 9.18 Å². The van der Waals surface area contributed by atoms with E-state index in [2.05, 4.69) is 0 Å². The van der Waals surface area contributed by atoms with Gasteiger partial charge in [-0.3, -0.25) is 4.79 Å². The summed E-state index contributed by atoms with van der Waals surface area (Å²) in [5.74, 6) is 0.0592. The zero-order chi connectivity index (χ0) is 6.85. The highest BCUT2D eigenvalue weighted by atomic mass is 19.1. The maximum atomic E-state index is 12.4. The number of likely N-dealkylation sites (tertiary alicyclic amines) is 1. The highest BCUT2D eigenvalue weighted by Crippen LogP contribution is 2.11. The first-order valence-electron chi connectivity index (χ1n) is 3.08. The third-order valence-corrected chi connectivity index (χ3v) is 1.57. The number of carbonyl (C=O) groups excluding carboxylic acids is 1. The van der Waals surface area contributed by atoms with Crippen molar-refractivity contribution in [1.82, 2.24) is 4.90 Å². The van der Waals surface area contributed by atoms with E-state index < -0.39 is 6.17 Å². The Balaban J connectivity index is 2.44. The number of carbonyl (C=O) groups is 1. The van der Waals surface area contributed by atoms with E-state index in [4.69, 9.17) is 0 Å². The molecule has 0 aliphatic carbocycles. The van der Waals surface area contributed by atoms with Gasteiger partial charge in [0.05, 0.1) is 6.54 Å². The molecule has 0 saturated carbocycles. The van der Waals surface area contributed by atoms with Crippen LogP contribution < -0.4 is 0 Å². The number of piperidine rings is 1. The molecule has 1 aliphatic heterocycles. The van der Waals surface area contributed by atoms with Crippen molar-refractivity contribution in [3.63, 3.8) is 0 Å². The van der Waals surface area contributed by atoms with Crippen molar-refractivity contribution in [1.29, 1.82) is 0 Å². The van der Waals surface area contributed by atoms with Gasteiger partial charge in [0.15, 0.2) is 0 Å². The molecule has 0 unspecified atom stereocenters. The summed E-state index contributed by atoms with van der Waals surface area (Å²) in [7, 11) is 1.63. The van der Waals surface area contributed by atoms with Crippen LogP contribution in [0.5, 0.6) is 0 Å². The molecule has 9 heavy (non-hydrogen) atoms. The Morgan fingerprint density at radius 2 is 2.44 bits per heavy atom. The van der Waals surface area contributed by atoms with E-state index >= 15 is 0 Å². The average Bonchev–Trinajstić information content (AvgIpc) is 1.80. The molecule has 1 amide bonds. The standard InChI is InChI=1S/C6H10FNO/c1-8-4-5(7)2-3-6(8)9/h5H,2-4H2,1H3/t5-/m0/s1. The molecule has 1 heterocycles. The molecule has 1 aliphatic rings. The number of halogens is 1. The van der Waals surface area contributed by atoms with Crippen LogP contribution in [0.2, 0.25) is 0 Å². The molecule has 0 radical (unpaired) electrons. The Hall–Kier alpha value is -0.600. The summed E-state index contributed by atoms with van der Waals surface area (Å²) in [5.41, 5.74) is 0. The largest absolute Gasteiger partial charge is 0.343 e. The van der Waals surface area contributed by atoms with Gasteiger partial charge < -0.3 is 4.90 Å². The van der Waals surface area contributed by atoms with E-state index in [9.17, 15) is 9.18 Å². The predicted octanol–water partition coefficient (Wildman–Crippen LogP) is 0.577. The molecule has 0 aromatic rings.